The van der Waals surface area contributed by atoms with Gasteiger partial charge in [0.2, 0.25) is 10.0 Å². The first-order chi connectivity index (χ1) is 12.9. The van der Waals surface area contributed by atoms with Crippen LogP contribution < -0.4 is 5.32 Å². The van der Waals surface area contributed by atoms with E-state index in [-0.39, 0.29) is 10.8 Å². The van der Waals surface area contributed by atoms with Crippen LogP contribution in [0.5, 0.6) is 0 Å². The molecule has 27 heavy (non-hydrogen) atoms. The van der Waals surface area contributed by atoms with E-state index in [0.717, 1.165) is 36.9 Å². The molecule has 1 amide bonds. The second-order valence-electron chi connectivity index (χ2n) is 6.91. The van der Waals surface area contributed by atoms with Gasteiger partial charge in [-0.1, -0.05) is 37.6 Å². The molecule has 3 rings (SSSR count). The zero-order valence-corrected chi connectivity index (χ0v) is 16.7. The summed E-state index contributed by atoms with van der Waals surface area (Å²) >= 11 is 0. The summed E-state index contributed by atoms with van der Waals surface area (Å²) in [5, 5.41) is 2.91. The summed E-state index contributed by atoms with van der Waals surface area (Å²) in [6, 6.07) is 12.5. The third-order valence-electron chi connectivity index (χ3n) is 5.03. The van der Waals surface area contributed by atoms with E-state index >= 15 is 0 Å². The first-order valence-corrected chi connectivity index (χ1v) is 10.9. The molecular formula is C21H26N2O3S. The zero-order valence-electron chi connectivity index (χ0n) is 15.9. The highest BCUT2D eigenvalue weighted by atomic mass is 32.2. The molecule has 0 aromatic heterocycles. The monoisotopic (exact) mass is 386 g/mol. The van der Waals surface area contributed by atoms with Crippen molar-refractivity contribution in [1.82, 2.24) is 4.31 Å². The molecule has 1 heterocycles. The van der Waals surface area contributed by atoms with Crippen molar-refractivity contribution < 1.29 is 13.2 Å². The number of carbonyl (C=O) groups excluding carboxylic acids is 1. The van der Waals surface area contributed by atoms with Gasteiger partial charge in [0.1, 0.15) is 0 Å². The fourth-order valence-corrected chi connectivity index (χ4v) is 5.18. The van der Waals surface area contributed by atoms with Crippen LogP contribution in [-0.2, 0) is 16.4 Å². The molecule has 2 aromatic rings. The van der Waals surface area contributed by atoms with E-state index in [4.69, 9.17) is 0 Å². The Labute approximate surface area is 161 Å². The van der Waals surface area contributed by atoms with Gasteiger partial charge < -0.3 is 5.32 Å². The molecule has 1 aliphatic heterocycles. The van der Waals surface area contributed by atoms with Crippen LogP contribution in [0.15, 0.2) is 47.4 Å². The van der Waals surface area contributed by atoms with Gasteiger partial charge in [0, 0.05) is 24.3 Å². The summed E-state index contributed by atoms with van der Waals surface area (Å²) in [6.45, 7) is 4.88. The van der Waals surface area contributed by atoms with Crippen molar-refractivity contribution in [3.05, 3.63) is 59.2 Å². The quantitative estimate of drug-likeness (QED) is 0.845. The summed E-state index contributed by atoms with van der Waals surface area (Å²) in [5.41, 5.74) is 2.80. The maximum atomic E-state index is 13.0. The molecule has 5 nitrogen and oxygen atoms in total. The van der Waals surface area contributed by atoms with E-state index in [1.807, 2.05) is 31.2 Å². The third-order valence-corrected chi connectivity index (χ3v) is 7.07. The molecule has 0 spiro atoms. The molecule has 1 aliphatic rings. The van der Waals surface area contributed by atoms with Crippen LogP contribution in [0.4, 0.5) is 5.69 Å². The number of nitrogens with zero attached hydrogens (tertiary/aromatic N) is 1. The Morgan fingerprint density at radius 1 is 1.07 bits per heavy atom. The Hall–Kier alpha value is -2.18. The summed E-state index contributed by atoms with van der Waals surface area (Å²) in [7, 11) is -3.58. The number of anilines is 1. The van der Waals surface area contributed by atoms with Gasteiger partial charge in [0.25, 0.3) is 5.91 Å². The average molecular weight is 387 g/mol. The number of rotatable bonds is 5. The minimum Gasteiger partial charge on any atom is -0.322 e. The maximum Gasteiger partial charge on any atom is 0.255 e. The van der Waals surface area contributed by atoms with Crippen molar-refractivity contribution in [3.8, 4) is 0 Å². The minimum absolute atomic E-state index is 0.223. The van der Waals surface area contributed by atoms with E-state index in [0.29, 0.717) is 24.2 Å². The molecular weight excluding hydrogens is 360 g/mol. The number of para-hydroxylation sites is 1. The lowest BCUT2D eigenvalue weighted by atomic mass is 10.1. The van der Waals surface area contributed by atoms with E-state index in [9.17, 15) is 13.2 Å². The number of sulfonamides is 1. The van der Waals surface area contributed by atoms with Crippen LogP contribution in [0.25, 0.3) is 0 Å². The molecule has 0 unspecified atom stereocenters. The molecule has 0 radical (unpaired) electrons. The van der Waals surface area contributed by atoms with Gasteiger partial charge in [-0.3, -0.25) is 4.79 Å². The number of carbonyl (C=O) groups is 1. The zero-order chi connectivity index (χ0) is 19.4. The number of hydrogen-bond donors (Lipinski definition) is 1. The lowest BCUT2D eigenvalue weighted by molar-refractivity contribution is 0.102. The first-order valence-electron chi connectivity index (χ1n) is 9.43. The molecule has 6 heteroatoms. The topological polar surface area (TPSA) is 66.5 Å². The maximum absolute atomic E-state index is 13.0. The molecule has 0 bridgehead atoms. The minimum atomic E-state index is -3.58. The van der Waals surface area contributed by atoms with Crippen LogP contribution in [0.2, 0.25) is 0 Å². The average Bonchev–Trinajstić information content (AvgIpc) is 2.69. The molecule has 1 fully saturated rings. The molecule has 1 N–H and O–H groups in total. The molecule has 144 valence electrons. The first kappa shape index (κ1) is 19.6. The largest absolute Gasteiger partial charge is 0.322 e. The molecule has 0 saturated carbocycles. The van der Waals surface area contributed by atoms with Gasteiger partial charge in [-0.15, -0.1) is 0 Å². The van der Waals surface area contributed by atoms with Crippen molar-refractivity contribution >= 4 is 21.6 Å². The number of nitrogens with one attached hydrogen (secondary N) is 1. The van der Waals surface area contributed by atoms with Gasteiger partial charge in [-0.2, -0.15) is 4.31 Å². The number of amides is 1. The second-order valence-corrected chi connectivity index (χ2v) is 8.82. The number of piperidine rings is 1. The Morgan fingerprint density at radius 3 is 2.48 bits per heavy atom. The van der Waals surface area contributed by atoms with Gasteiger partial charge in [0.15, 0.2) is 0 Å². The van der Waals surface area contributed by atoms with Crippen molar-refractivity contribution in [3.63, 3.8) is 0 Å². The number of benzene rings is 2. The molecule has 0 aliphatic carbocycles. The molecule has 0 atom stereocenters. The summed E-state index contributed by atoms with van der Waals surface area (Å²) in [5.74, 6) is -0.300. The van der Waals surface area contributed by atoms with Gasteiger partial charge in [-0.25, -0.2) is 8.42 Å². The normalized spacial score (nSPS) is 15.5. The van der Waals surface area contributed by atoms with Crippen LogP contribution in [0, 0.1) is 6.92 Å². The lowest BCUT2D eigenvalue weighted by Gasteiger charge is -2.26. The Balaban J connectivity index is 1.89. The summed E-state index contributed by atoms with van der Waals surface area (Å²) < 4.78 is 27.6. The smallest absolute Gasteiger partial charge is 0.255 e. The SMILES string of the molecule is CCc1ccccc1NC(=O)c1ccc(C)c(S(=O)(=O)N2CCCCC2)c1. The Morgan fingerprint density at radius 2 is 1.78 bits per heavy atom. The van der Waals surface area contributed by atoms with E-state index in [1.54, 1.807) is 19.1 Å². The summed E-state index contributed by atoms with van der Waals surface area (Å²) in [6.07, 6.45) is 3.63. The summed E-state index contributed by atoms with van der Waals surface area (Å²) in [4.78, 5) is 13.0. The van der Waals surface area contributed by atoms with E-state index in [1.165, 1.54) is 10.4 Å². The predicted molar refractivity (Wildman–Crippen MR) is 108 cm³/mol. The fourth-order valence-electron chi connectivity index (χ4n) is 3.41. The van der Waals surface area contributed by atoms with Crippen molar-refractivity contribution in [2.45, 2.75) is 44.4 Å². The van der Waals surface area contributed by atoms with Gasteiger partial charge in [-0.05, 0) is 55.5 Å². The predicted octanol–water partition coefficient (Wildman–Crippen LogP) is 3.98. The van der Waals surface area contributed by atoms with Crippen molar-refractivity contribution in [1.29, 1.82) is 0 Å². The van der Waals surface area contributed by atoms with Crippen molar-refractivity contribution in [2.75, 3.05) is 18.4 Å². The number of aryl methyl sites for hydroxylation is 2. The van der Waals surface area contributed by atoms with Crippen LogP contribution in [0.1, 0.15) is 47.7 Å². The van der Waals surface area contributed by atoms with Crippen LogP contribution in [0.3, 0.4) is 0 Å². The Bertz CT molecular complexity index is 932. The highest BCUT2D eigenvalue weighted by Gasteiger charge is 2.28. The standard InChI is InChI=1S/C21H26N2O3S/c1-3-17-9-5-6-10-19(17)22-21(24)18-12-11-16(2)20(15-18)27(25,26)23-13-7-4-8-14-23/h5-6,9-12,15H,3-4,7-8,13-14H2,1-2H3,(H,22,24). The van der Waals surface area contributed by atoms with E-state index < -0.39 is 10.0 Å². The van der Waals surface area contributed by atoms with Crippen molar-refractivity contribution in [2.24, 2.45) is 0 Å². The second kappa shape index (κ2) is 8.23. The molecule has 2 aromatic carbocycles. The van der Waals surface area contributed by atoms with Gasteiger partial charge >= 0.3 is 0 Å². The van der Waals surface area contributed by atoms with E-state index in [2.05, 4.69) is 5.32 Å². The highest BCUT2D eigenvalue weighted by Crippen LogP contribution is 2.25. The fraction of sp³-hybridized carbons (Fsp3) is 0.381. The van der Waals surface area contributed by atoms with Crippen LogP contribution in [-0.4, -0.2) is 31.7 Å². The highest BCUT2D eigenvalue weighted by molar-refractivity contribution is 7.89. The molecule has 1 saturated heterocycles. The van der Waals surface area contributed by atoms with Crippen LogP contribution >= 0.6 is 0 Å². The Kier molecular flexibility index (Phi) is 5.97. The third kappa shape index (κ3) is 4.22. The number of hydrogen-bond acceptors (Lipinski definition) is 3. The lowest BCUT2D eigenvalue weighted by Crippen LogP contribution is -2.36. The van der Waals surface area contributed by atoms with Gasteiger partial charge in [0.05, 0.1) is 4.90 Å².